The van der Waals surface area contributed by atoms with Crippen LogP contribution in [0.5, 0.6) is 0 Å². The molecule has 2 rings (SSSR count). The Morgan fingerprint density at radius 3 is 2.69 bits per heavy atom. The predicted octanol–water partition coefficient (Wildman–Crippen LogP) is 1.68. The van der Waals surface area contributed by atoms with Gasteiger partial charge in [-0.2, -0.15) is 5.10 Å². The van der Waals surface area contributed by atoms with E-state index in [1.54, 1.807) is 18.3 Å². The lowest BCUT2D eigenvalue weighted by molar-refractivity contribution is -0.143. The zero-order chi connectivity index (χ0) is 11.4. The minimum atomic E-state index is -0.853. The summed E-state index contributed by atoms with van der Waals surface area (Å²) in [6, 6.07) is 3.49. The van der Waals surface area contributed by atoms with Crippen molar-refractivity contribution >= 4 is 11.8 Å². The van der Waals surface area contributed by atoms with Crippen molar-refractivity contribution in [3.8, 4) is 0 Å². The third kappa shape index (κ3) is 2.13. The number of carboxylic acids is 1. The summed E-state index contributed by atoms with van der Waals surface area (Å²) in [5.74, 6) is -0.260. The molecule has 5 nitrogen and oxygen atoms in total. The van der Waals surface area contributed by atoms with E-state index in [4.69, 9.17) is 0 Å². The van der Waals surface area contributed by atoms with E-state index in [2.05, 4.69) is 15.5 Å². The van der Waals surface area contributed by atoms with Gasteiger partial charge in [0.2, 0.25) is 0 Å². The number of carboxylic acid groups (broad SMARTS) is 1. The first-order valence-corrected chi connectivity index (χ1v) is 5.52. The van der Waals surface area contributed by atoms with Crippen molar-refractivity contribution in [3.63, 3.8) is 0 Å². The highest BCUT2D eigenvalue weighted by atomic mass is 16.4. The highest BCUT2D eigenvalue weighted by Crippen LogP contribution is 2.31. The lowest BCUT2D eigenvalue weighted by atomic mass is 9.81. The fourth-order valence-corrected chi connectivity index (χ4v) is 2.16. The smallest absolute Gasteiger partial charge is 0.329 e. The van der Waals surface area contributed by atoms with Gasteiger partial charge in [-0.15, -0.1) is 5.10 Å². The quantitative estimate of drug-likeness (QED) is 0.812. The van der Waals surface area contributed by atoms with E-state index in [1.807, 2.05) is 0 Å². The van der Waals surface area contributed by atoms with Crippen LogP contribution in [0.3, 0.4) is 0 Å². The number of hydrogen-bond donors (Lipinski definition) is 2. The first-order chi connectivity index (χ1) is 7.73. The summed E-state index contributed by atoms with van der Waals surface area (Å²) < 4.78 is 0. The van der Waals surface area contributed by atoms with Gasteiger partial charge in [-0.1, -0.05) is 19.3 Å². The summed E-state index contributed by atoms with van der Waals surface area (Å²) in [6.07, 6.45) is 5.87. The average Bonchev–Trinajstić information content (AvgIpc) is 2.31. The Morgan fingerprint density at radius 2 is 2.12 bits per heavy atom. The first kappa shape index (κ1) is 10.9. The molecule has 0 saturated heterocycles. The van der Waals surface area contributed by atoms with Gasteiger partial charge in [0.1, 0.15) is 11.4 Å². The van der Waals surface area contributed by atoms with E-state index in [0.717, 1.165) is 19.3 Å². The molecule has 0 aromatic carbocycles. The molecule has 1 heterocycles. The molecule has 16 heavy (non-hydrogen) atoms. The molecule has 0 atom stereocenters. The van der Waals surface area contributed by atoms with Crippen molar-refractivity contribution in [2.75, 3.05) is 5.32 Å². The van der Waals surface area contributed by atoms with Gasteiger partial charge in [-0.05, 0) is 25.0 Å². The Kier molecular flexibility index (Phi) is 3.03. The highest BCUT2D eigenvalue weighted by Gasteiger charge is 2.39. The second-order valence-electron chi connectivity index (χ2n) is 4.18. The van der Waals surface area contributed by atoms with E-state index < -0.39 is 11.5 Å². The maximum absolute atomic E-state index is 11.4. The first-order valence-electron chi connectivity index (χ1n) is 5.52. The highest BCUT2D eigenvalue weighted by molar-refractivity contribution is 5.82. The van der Waals surface area contributed by atoms with Crippen molar-refractivity contribution in [3.05, 3.63) is 18.3 Å². The molecule has 0 amide bonds. The normalized spacial score (nSPS) is 19.0. The Labute approximate surface area is 93.9 Å². The Hall–Kier alpha value is -1.65. The number of carbonyl (C=O) groups is 1. The lowest BCUT2D eigenvalue weighted by Gasteiger charge is -2.34. The van der Waals surface area contributed by atoms with E-state index in [1.165, 1.54) is 0 Å². The van der Waals surface area contributed by atoms with Crippen molar-refractivity contribution in [2.45, 2.75) is 37.6 Å². The van der Waals surface area contributed by atoms with Crippen LogP contribution < -0.4 is 5.32 Å². The fourth-order valence-electron chi connectivity index (χ4n) is 2.16. The number of rotatable bonds is 3. The maximum atomic E-state index is 11.4. The molecule has 2 N–H and O–H groups in total. The average molecular weight is 221 g/mol. The minimum Gasteiger partial charge on any atom is -0.480 e. The number of nitrogens with one attached hydrogen (secondary N) is 1. The molecule has 1 aromatic heterocycles. The molecule has 0 radical (unpaired) electrons. The summed E-state index contributed by atoms with van der Waals surface area (Å²) in [7, 11) is 0. The summed E-state index contributed by atoms with van der Waals surface area (Å²) >= 11 is 0. The minimum absolute atomic E-state index is 0.534. The third-order valence-corrected chi connectivity index (χ3v) is 3.06. The molecule has 1 aliphatic carbocycles. The second-order valence-corrected chi connectivity index (χ2v) is 4.18. The van der Waals surface area contributed by atoms with Crippen molar-refractivity contribution in [1.82, 2.24) is 10.2 Å². The summed E-state index contributed by atoms with van der Waals surface area (Å²) in [4.78, 5) is 11.4. The van der Waals surface area contributed by atoms with Crippen LogP contribution in [0.4, 0.5) is 5.82 Å². The largest absolute Gasteiger partial charge is 0.480 e. The van der Waals surface area contributed by atoms with Crippen LogP contribution >= 0.6 is 0 Å². The molecule has 86 valence electrons. The fraction of sp³-hybridized carbons (Fsp3) is 0.545. The second kappa shape index (κ2) is 4.47. The molecule has 1 aliphatic rings. The van der Waals surface area contributed by atoms with Crippen LogP contribution in [0.25, 0.3) is 0 Å². The van der Waals surface area contributed by atoms with Gasteiger partial charge in [0.05, 0.1) is 0 Å². The number of aromatic nitrogens is 2. The van der Waals surface area contributed by atoms with E-state index in [-0.39, 0.29) is 0 Å². The van der Waals surface area contributed by atoms with Crippen LogP contribution in [0.1, 0.15) is 32.1 Å². The molecule has 0 aliphatic heterocycles. The predicted molar refractivity (Wildman–Crippen MR) is 59.1 cm³/mol. The summed E-state index contributed by atoms with van der Waals surface area (Å²) in [5.41, 5.74) is -0.853. The standard InChI is InChI=1S/C11H15N3O2/c15-10(16)11(6-2-1-3-7-11)13-9-5-4-8-12-14-9/h4-5,8H,1-3,6-7H2,(H,13,14)(H,15,16). The van der Waals surface area contributed by atoms with E-state index in [0.29, 0.717) is 18.7 Å². The monoisotopic (exact) mass is 221 g/mol. The van der Waals surface area contributed by atoms with Gasteiger partial charge in [0.25, 0.3) is 0 Å². The van der Waals surface area contributed by atoms with E-state index >= 15 is 0 Å². The third-order valence-electron chi connectivity index (χ3n) is 3.06. The zero-order valence-corrected chi connectivity index (χ0v) is 9.02. The maximum Gasteiger partial charge on any atom is 0.329 e. The molecule has 1 aromatic rings. The molecular weight excluding hydrogens is 206 g/mol. The van der Waals surface area contributed by atoms with Gasteiger partial charge in [-0.3, -0.25) is 0 Å². The number of nitrogens with zero attached hydrogens (tertiary/aromatic N) is 2. The number of hydrogen-bond acceptors (Lipinski definition) is 4. The number of anilines is 1. The number of aliphatic carboxylic acids is 1. The topological polar surface area (TPSA) is 75.1 Å². The van der Waals surface area contributed by atoms with Gasteiger partial charge in [0.15, 0.2) is 0 Å². The van der Waals surface area contributed by atoms with Gasteiger partial charge in [0, 0.05) is 6.20 Å². The molecule has 0 bridgehead atoms. The SMILES string of the molecule is O=C(O)C1(Nc2cccnn2)CCCCC1. The van der Waals surface area contributed by atoms with Gasteiger partial charge in [-0.25, -0.2) is 4.79 Å². The van der Waals surface area contributed by atoms with Crippen molar-refractivity contribution in [1.29, 1.82) is 0 Å². The lowest BCUT2D eigenvalue weighted by Crippen LogP contribution is -2.48. The van der Waals surface area contributed by atoms with Crippen LogP contribution in [-0.2, 0) is 4.79 Å². The Morgan fingerprint density at radius 1 is 1.38 bits per heavy atom. The van der Waals surface area contributed by atoms with Crippen LogP contribution in [0.2, 0.25) is 0 Å². The summed E-state index contributed by atoms with van der Waals surface area (Å²) in [5, 5.41) is 20.0. The summed E-state index contributed by atoms with van der Waals surface area (Å²) in [6.45, 7) is 0. The van der Waals surface area contributed by atoms with Crippen LogP contribution in [0, 0.1) is 0 Å². The molecule has 5 heteroatoms. The molecule has 0 spiro atoms. The van der Waals surface area contributed by atoms with E-state index in [9.17, 15) is 9.90 Å². The van der Waals surface area contributed by atoms with Crippen molar-refractivity contribution < 1.29 is 9.90 Å². The zero-order valence-electron chi connectivity index (χ0n) is 9.02. The van der Waals surface area contributed by atoms with Gasteiger partial charge >= 0.3 is 5.97 Å². The van der Waals surface area contributed by atoms with Crippen molar-refractivity contribution in [2.24, 2.45) is 0 Å². The molecule has 1 fully saturated rings. The molecule has 1 saturated carbocycles. The molecule has 0 unspecified atom stereocenters. The van der Waals surface area contributed by atoms with Crippen LogP contribution in [0.15, 0.2) is 18.3 Å². The Bertz CT molecular complexity index is 361. The van der Waals surface area contributed by atoms with Crippen LogP contribution in [-0.4, -0.2) is 26.8 Å². The Balaban J connectivity index is 2.17. The molecular formula is C11H15N3O2. The van der Waals surface area contributed by atoms with Gasteiger partial charge < -0.3 is 10.4 Å².